The van der Waals surface area contributed by atoms with Crippen LogP contribution in [-0.2, 0) is 23.1 Å². The predicted molar refractivity (Wildman–Crippen MR) is 82.3 cm³/mol. The number of amides is 1. The highest BCUT2D eigenvalue weighted by Crippen LogP contribution is 2.12. The summed E-state index contributed by atoms with van der Waals surface area (Å²) in [5.41, 5.74) is 1.01. The van der Waals surface area contributed by atoms with Crippen LogP contribution in [0.5, 0.6) is 0 Å². The Balaban J connectivity index is 1.89. The standard InChI is InChI=1S/C14H17N5O2S/c1-10(20)12(8-11-6-4-3-5-7-11)15-13(21)9-22-14-16-17-18-19(14)2/h3-7,12H,8-9H2,1-2H3,(H,15,21)/t12-/m0/s1. The van der Waals surface area contributed by atoms with E-state index in [-0.39, 0.29) is 17.4 Å². The van der Waals surface area contributed by atoms with Crippen molar-refractivity contribution in [2.75, 3.05) is 5.75 Å². The number of nitrogens with zero attached hydrogens (tertiary/aromatic N) is 4. The van der Waals surface area contributed by atoms with Gasteiger partial charge in [-0.25, -0.2) is 4.68 Å². The van der Waals surface area contributed by atoms with Crippen molar-refractivity contribution in [2.45, 2.75) is 24.5 Å². The molecular formula is C14H17N5O2S. The fourth-order valence-electron chi connectivity index (χ4n) is 1.86. The number of ketones is 1. The minimum Gasteiger partial charge on any atom is -0.345 e. The van der Waals surface area contributed by atoms with Gasteiger partial charge in [-0.05, 0) is 29.3 Å². The number of Topliss-reactive ketones (excluding diaryl/α,β-unsaturated/α-hetero) is 1. The lowest BCUT2D eigenvalue weighted by molar-refractivity contribution is -0.125. The molecule has 0 saturated carbocycles. The van der Waals surface area contributed by atoms with Gasteiger partial charge in [0.2, 0.25) is 11.1 Å². The highest BCUT2D eigenvalue weighted by molar-refractivity contribution is 7.99. The molecule has 0 aliphatic rings. The Bertz CT molecular complexity index is 644. The van der Waals surface area contributed by atoms with Crippen molar-refractivity contribution in [1.82, 2.24) is 25.5 Å². The zero-order valence-corrected chi connectivity index (χ0v) is 13.2. The van der Waals surface area contributed by atoms with E-state index in [9.17, 15) is 9.59 Å². The second-order valence-corrected chi connectivity index (χ2v) is 5.74. The van der Waals surface area contributed by atoms with Crippen LogP contribution in [0.1, 0.15) is 12.5 Å². The van der Waals surface area contributed by atoms with Crippen molar-refractivity contribution >= 4 is 23.5 Å². The first-order chi connectivity index (χ1) is 10.6. The average molecular weight is 319 g/mol. The van der Waals surface area contributed by atoms with Crippen LogP contribution in [0.15, 0.2) is 35.5 Å². The van der Waals surface area contributed by atoms with Gasteiger partial charge >= 0.3 is 0 Å². The highest BCUT2D eigenvalue weighted by Gasteiger charge is 2.18. The van der Waals surface area contributed by atoms with Gasteiger partial charge in [-0.3, -0.25) is 9.59 Å². The molecule has 1 atom stereocenters. The Labute approximate surface area is 132 Å². The van der Waals surface area contributed by atoms with Gasteiger partial charge in [-0.15, -0.1) is 5.10 Å². The first-order valence-corrected chi connectivity index (χ1v) is 7.73. The lowest BCUT2D eigenvalue weighted by Crippen LogP contribution is -2.42. The molecule has 2 rings (SSSR count). The maximum Gasteiger partial charge on any atom is 0.231 e. The summed E-state index contributed by atoms with van der Waals surface area (Å²) in [6.45, 7) is 1.48. The van der Waals surface area contributed by atoms with Crippen LogP contribution in [0, 0.1) is 0 Å². The van der Waals surface area contributed by atoms with Crippen LogP contribution in [0.25, 0.3) is 0 Å². The van der Waals surface area contributed by atoms with E-state index in [1.807, 2.05) is 30.3 Å². The summed E-state index contributed by atoms with van der Waals surface area (Å²) in [6.07, 6.45) is 0.484. The Morgan fingerprint density at radius 1 is 1.32 bits per heavy atom. The summed E-state index contributed by atoms with van der Waals surface area (Å²) in [4.78, 5) is 23.7. The molecule has 0 radical (unpaired) electrons. The fraction of sp³-hybridized carbons (Fsp3) is 0.357. The maximum absolute atomic E-state index is 12.0. The van der Waals surface area contributed by atoms with Gasteiger partial charge in [0.05, 0.1) is 11.8 Å². The Morgan fingerprint density at radius 3 is 2.64 bits per heavy atom. The summed E-state index contributed by atoms with van der Waals surface area (Å²) in [7, 11) is 1.70. The Morgan fingerprint density at radius 2 is 2.05 bits per heavy atom. The molecule has 0 bridgehead atoms. The third-order valence-electron chi connectivity index (χ3n) is 3.02. The molecular weight excluding hydrogens is 302 g/mol. The van der Waals surface area contributed by atoms with Crippen LogP contribution in [0.2, 0.25) is 0 Å². The number of aryl methyl sites for hydroxylation is 1. The predicted octanol–water partition coefficient (Wildman–Crippen LogP) is 0.619. The maximum atomic E-state index is 12.0. The first-order valence-electron chi connectivity index (χ1n) is 6.75. The summed E-state index contributed by atoms with van der Waals surface area (Å²) in [5.74, 6) is -0.126. The van der Waals surface area contributed by atoms with E-state index >= 15 is 0 Å². The molecule has 1 N–H and O–H groups in total. The summed E-state index contributed by atoms with van der Waals surface area (Å²) >= 11 is 1.23. The van der Waals surface area contributed by atoms with Crippen LogP contribution >= 0.6 is 11.8 Å². The topological polar surface area (TPSA) is 89.8 Å². The monoisotopic (exact) mass is 319 g/mol. The number of carbonyl (C=O) groups is 2. The van der Waals surface area contributed by atoms with Gasteiger partial charge < -0.3 is 5.32 Å². The van der Waals surface area contributed by atoms with Crippen molar-refractivity contribution in [3.8, 4) is 0 Å². The van der Waals surface area contributed by atoms with Gasteiger partial charge in [0, 0.05) is 7.05 Å². The molecule has 116 valence electrons. The van der Waals surface area contributed by atoms with Crippen LogP contribution < -0.4 is 5.32 Å². The largest absolute Gasteiger partial charge is 0.345 e. The molecule has 7 nitrogen and oxygen atoms in total. The molecule has 0 spiro atoms. The van der Waals surface area contributed by atoms with E-state index in [1.54, 1.807) is 7.05 Å². The zero-order chi connectivity index (χ0) is 15.9. The molecule has 1 amide bonds. The summed E-state index contributed by atoms with van der Waals surface area (Å²) < 4.78 is 1.49. The zero-order valence-electron chi connectivity index (χ0n) is 12.4. The number of rotatable bonds is 7. The number of aromatic nitrogens is 4. The summed E-state index contributed by atoms with van der Waals surface area (Å²) in [5, 5.41) is 14.3. The van der Waals surface area contributed by atoms with E-state index in [0.717, 1.165) is 5.56 Å². The Kier molecular flexibility index (Phi) is 5.65. The lowest BCUT2D eigenvalue weighted by atomic mass is 10.0. The highest BCUT2D eigenvalue weighted by atomic mass is 32.2. The van der Waals surface area contributed by atoms with Crippen LogP contribution in [0.4, 0.5) is 0 Å². The van der Waals surface area contributed by atoms with Gasteiger partial charge in [-0.2, -0.15) is 0 Å². The molecule has 0 saturated heterocycles. The van der Waals surface area contributed by atoms with Crippen molar-refractivity contribution in [3.63, 3.8) is 0 Å². The van der Waals surface area contributed by atoms with Gasteiger partial charge in [-0.1, -0.05) is 42.1 Å². The molecule has 1 aromatic carbocycles. The van der Waals surface area contributed by atoms with Crippen molar-refractivity contribution in [3.05, 3.63) is 35.9 Å². The lowest BCUT2D eigenvalue weighted by Gasteiger charge is -2.15. The fourth-order valence-corrected chi connectivity index (χ4v) is 2.52. The second-order valence-electron chi connectivity index (χ2n) is 4.79. The number of hydrogen-bond donors (Lipinski definition) is 1. The van der Waals surface area contributed by atoms with Crippen LogP contribution in [0.3, 0.4) is 0 Å². The molecule has 22 heavy (non-hydrogen) atoms. The van der Waals surface area contributed by atoms with Crippen molar-refractivity contribution in [1.29, 1.82) is 0 Å². The van der Waals surface area contributed by atoms with E-state index in [2.05, 4.69) is 20.8 Å². The van der Waals surface area contributed by atoms with Crippen molar-refractivity contribution in [2.24, 2.45) is 7.05 Å². The number of benzene rings is 1. The molecule has 0 aliphatic heterocycles. The molecule has 1 aromatic heterocycles. The normalized spacial score (nSPS) is 11.9. The first kappa shape index (κ1) is 16.2. The number of hydrogen-bond acceptors (Lipinski definition) is 6. The number of carbonyl (C=O) groups excluding carboxylic acids is 2. The minimum absolute atomic E-state index is 0.0671. The molecule has 8 heteroatoms. The third-order valence-corrected chi connectivity index (χ3v) is 4.03. The molecule has 0 aliphatic carbocycles. The second kappa shape index (κ2) is 7.69. The van der Waals surface area contributed by atoms with E-state index in [0.29, 0.717) is 11.6 Å². The molecule has 2 aromatic rings. The van der Waals surface area contributed by atoms with Gasteiger partial charge in [0.1, 0.15) is 0 Å². The van der Waals surface area contributed by atoms with Gasteiger partial charge in [0.25, 0.3) is 0 Å². The Hall–Kier alpha value is -2.22. The minimum atomic E-state index is -0.520. The summed E-state index contributed by atoms with van der Waals surface area (Å²) in [6, 6.07) is 9.07. The van der Waals surface area contributed by atoms with E-state index in [4.69, 9.17) is 0 Å². The molecule has 0 fully saturated rings. The van der Waals surface area contributed by atoms with Gasteiger partial charge in [0.15, 0.2) is 5.78 Å². The SMILES string of the molecule is CC(=O)[C@H](Cc1ccccc1)NC(=O)CSc1nnnn1C. The number of nitrogens with one attached hydrogen (secondary N) is 1. The molecule has 0 unspecified atom stereocenters. The van der Waals surface area contributed by atoms with E-state index in [1.165, 1.54) is 23.4 Å². The van der Waals surface area contributed by atoms with Crippen LogP contribution in [-0.4, -0.2) is 43.7 Å². The molecule has 1 heterocycles. The smallest absolute Gasteiger partial charge is 0.231 e. The van der Waals surface area contributed by atoms with E-state index < -0.39 is 6.04 Å². The number of tetrazole rings is 1. The number of thioether (sulfide) groups is 1. The average Bonchev–Trinajstić information content (AvgIpc) is 2.91. The third kappa shape index (κ3) is 4.66. The van der Waals surface area contributed by atoms with Crippen molar-refractivity contribution < 1.29 is 9.59 Å². The quantitative estimate of drug-likeness (QED) is 0.753.